The molecule has 0 spiro atoms. The Hall–Kier alpha value is -2.30. The van der Waals surface area contributed by atoms with Gasteiger partial charge in [-0.15, -0.1) is 0 Å². The number of benzene rings is 2. The van der Waals surface area contributed by atoms with Crippen LogP contribution in [0.1, 0.15) is 5.56 Å². The lowest BCUT2D eigenvalue weighted by Gasteiger charge is -2.13. The van der Waals surface area contributed by atoms with E-state index in [0.717, 1.165) is 16.5 Å². The van der Waals surface area contributed by atoms with Gasteiger partial charge < -0.3 is 5.32 Å². The van der Waals surface area contributed by atoms with Crippen molar-refractivity contribution >= 4 is 45.7 Å². The number of fused-ring (bicyclic) bond motifs is 1. The summed E-state index contributed by atoms with van der Waals surface area (Å²) in [4.78, 5) is 24.7. The van der Waals surface area contributed by atoms with Gasteiger partial charge in [0.25, 0.3) is 5.56 Å². The zero-order chi connectivity index (χ0) is 17.3. The van der Waals surface area contributed by atoms with E-state index in [9.17, 15) is 9.59 Å². The van der Waals surface area contributed by atoms with Crippen LogP contribution in [0.3, 0.4) is 0 Å². The first-order valence-electron chi connectivity index (χ1n) is 7.30. The standard InChI is InChI=1S/C18H14Cl2N2O2/c1-11-9-17(24)22(15-8-3-2-5-12(11)15)10-16(23)21-14-7-4-6-13(19)18(14)20/h2-9H,10H2,1H3,(H,21,23). The maximum atomic E-state index is 12.4. The van der Waals surface area contributed by atoms with Crippen LogP contribution in [0, 0.1) is 6.92 Å². The van der Waals surface area contributed by atoms with Crippen molar-refractivity contribution in [3.8, 4) is 0 Å². The number of hydrogen-bond donors (Lipinski definition) is 1. The Morgan fingerprint density at radius 3 is 2.67 bits per heavy atom. The average Bonchev–Trinajstić information content (AvgIpc) is 2.56. The van der Waals surface area contributed by atoms with E-state index in [1.165, 1.54) is 10.6 Å². The van der Waals surface area contributed by atoms with Crippen LogP contribution in [0.2, 0.25) is 10.0 Å². The molecule has 0 saturated heterocycles. The number of para-hydroxylation sites is 1. The number of amides is 1. The van der Waals surface area contributed by atoms with E-state index in [-0.39, 0.29) is 23.0 Å². The zero-order valence-corrected chi connectivity index (χ0v) is 14.4. The Bertz CT molecular complexity index is 996. The van der Waals surface area contributed by atoms with E-state index in [4.69, 9.17) is 23.2 Å². The summed E-state index contributed by atoms with van der Waals surface area (Å²) in [7, 11) is 0. The summed E-state index contributed by atoms with van der Waals surface area (Å²) in [6.07, 6.45) is 0. The number of aryl methyl sites for hydroxylation is 1. The molecule has 0 saturated carbocycles. The zero-order valence-electron chi connectivity index (χ0n) is 12.8. The number of nitrogens with one attached hydrogen (secondary N) is 1. The summed E-state index contributed by atoms with van der Waals surface area (Å²) in [6, 6.07) is 14.0. The fraction of sp³-hybridized carbons (Fsp3) is 0.111. The van der Waals surface area contributed by atoms with Crippen LogP contribution in [0.25, 0.3) is 10.9 Å². The second-order valence-corrected chi connectivity index (χ2v) is 6.20. The van der Waals surface area contributed by atoms with E-state index < -0.39 is 0 Å². The van der Waals surface area contributed by atoms with Gasteiger partial charge in [0, 0.05) is 11.5 Å². The maximum absolute atomic E-state index is 12.4. The number of halogens is 2. The molecule has 0 fully saturated rings. The van der Waals surface area contributed by atoms with Gasteiger partial charge in [0.1, 0.15) is 6.54 Å². The van der Waals surface area contributed by atoms with Crippen LogP contribution in [-0.2, 0) is 11.3 Å². The molecule has 3 aromatic rings. The molecular weight excluding hydrogens is 347 g/mol. The molecule has 122 valence electrons. The van der Waals surface area contributed by atoms with Crippen molar-refractivity contribution < 1.29 is 4.79 Å². The van der Waals surface area contributed by atoms with Crippen molar-refractivity contribution in [1.29, 1.82) is 0 Å². The molecule has 0 aliphatic carbocycles. The lowest BCUT2D eigenvalue weighted by molar-refractivity contribution is -0.116. The van der Waals surface area contributed by atoms with Crippen molar-refractivity contribution in [3.05, 3.63) is 74.5 Å². The molecule has 3 rings (SSSR count). The SMILES string of the molecule is Cc1cc(=O)n(CC(=O)Nc2cccc(Cl)c2Cl)c2ccccc12. The maximum Gasteiger partial charge on any atom is 0.251 e. The Labute approximate surface area is 148 Å². The van der Waals surface area contributed by atoms with E-state index in [2.05, 4.69) is 5.32 Å². The van der Waals surface area contributed by atoms with Crippen LogP contribution in [0.15, 0.2) is 53.3 Å². The van der Waals surface area contributed by atoms with Gasteiger partial charge in [-0.3, -0.25) is 14.2 Å². The number of pyridine rings is 1. The summed E-state index contributed by atoms with van der Waals surface area (Å²) in [6.45, 7) is 1.77. The van der Waals surface area contributed by atoms with Crippen LogP contribution < -0.4 is 10.9 Å². The summed E-state index contributed by atoms with van der Waals surface area (Å²) >= 11 is 12.0. The molecule has 6 heteroatoms. The third-order valence-corrected chi connectivity index (χ3v) is 4.57. The third kappa shape index (κ3) is 3.16. The number of anilines is 1. The molecule has 0 aliphatic rings. The first-order chi connectivity index (χ1) is 11.5. The van der Waals surface area contributed by atoms with Crippen molar-refractivity contribution in [3.63, 3.8) is 0 Å². The van der Waals surface area contributed by atoms with Crippen LogP contribution in [-0.4, -0.2) is 10.5 Å². The monoisotopic (exact) mass is 360 g/mol. The number of carbonyl (C=O) groups is 1. The Balaban J connectivity index is 1.94. The van der Waals surface area contributed by atoms with Gasteiger partial charge in [-0.1, -0.05) is 47.5 Å². The predicted octanol–water partition coefficient (Wildman–Crippen LogP) is 4.26. The first-order valence-corrected chi connectivity index (χ1v) is 8.06. The highest BCUT2D eigenvalue weighted by Gasteiger charge is 2.12. The Morgan fingerprint density at radius 2 is 1.88 bits per heavy atom. The molecule has 4 nitrogen and oxygen atoms in total. The molecule has 0 radical (unpaired) electrons. The average molecular weight is 361 g/mol. The normalized spacial score (nSPS) is 10.8. The van der Waals surface area contributed by atoms with E-state index >= 15 is 0 Å². The van der Waals surface area contributed by atoms with Crippen molar-refractivity contribution in [2.75, 3.05) is 5.32 Å². The molecule has 1 N–H and O–H groups in total. The van der Waals surface area contributed by atoms with Gasteiger partial charge in [-0.05, 0) is 30.7 Å². The van der Waals surface area contributed by atoms with Crippen molar-refractivity contribution in [1.82, 2.24) is 4.57 Å². The topological polar surface area (TPSA) is 51.1 Å². The largest absolute Gasteiger partial charge is 0.323 e. The minimum atomic E-state index is -0.352. The Kier molecular flexibility index (Phi) is 4.60. The van der Waals surface area contributed by atoms with E-state index in [1.54, 1.807) is 18.2 Å². The number of hydrogen-bond acceptors (Lipinski definition) is 2. The molecule has 1 heterocycles. The van der Waals surface area contributed by atoms with Gasteiger partial charge in [0.2, 0.25) is 5.91 Å². The molecular formula is C18H14Cl2N2O2. The number of rotatable bonds is 3. The van der Waals surface area contributed by atoms with Gasteiger partial charge in [0.15, 0.2) is 0 Å². The quantitative estimate of drug-likeness (QED) is 0.758. The summed E-state index contributed by atoms with van der Waals surface area (Å²) in [5.41, 5.74) is 1.79. The third-order valence-electron chi connectivity index (χ3n) is 3.75. The van der Waals surface area contributed by atoms with Gasteiger partial charge in [-0.2, -0.15) is 0 Å². The highest BCUT2D eigenvalue weighted by Crippen LogP contribution is 2.29. The fourth-order valence-corrected chi connectivity index (χ4v) is 2.95. The summed E-state index contributed by atoms with van der Waals surface area (Å²) < 4.78 is 1.44. The summed E-state index contributed by atoms with van der Waals surface area (Å²) in [5, 5.41) is 4.25. The van der Waals surface area contributed by atoms with Crippen molar-refractivity contribution in [2.45, 2.75) is 13.5 Å². The van der Waals surface area contributed by atoms with E-state index in [1.807, 2.05) is 31.2 Å². The number of aromatic nitrogens is 1. The fourth-order valence-electron chi connectivity index (χ4n) is 2.60. The highest BCUT2D eigenvalue weighted by atomic mass is 35.5. The van der Waals surface area contributed by atoms with Crippen molar-refractivity contribution in [2.24, 2.45) is 0 Å². The highest BCUT2D eigenvalue weighted by molar-refractivity contribution is 6.43. The smallest absolute Gasteiger partial charge is 0.251 e. The molecule has 1 aromatic heterocycles. The molecule has 0 bridgehead atoms. The van der Waals surface area contributed by atoms with Crippen LogP contribution in [0.5, 0.6) is 0 Å². The minimum Gasteiger partial charge on any atom is -0.323 e. The molecule has 2 aromatic carbocycles. The molecule has 0 atom stereocenters. The second kappa shape index (κ2) is 6.67. The number of carbonyl (C=O) groups excluding carboxylic acids is 1. The molecule has 24 heavy (non-hydrogen) atoms. The Morgan fingerprint density at radius 1 is 1.12 bits per heavy atom. The van der Waals surface area contributed by atoms with Gasteiger partial charge in [-0.25, -0.2) is 0 Å². The second-order valence-electron chi connectivity index (χ2n) is 5.42. The molecule has 1 amide bonds. The molecule has 0 unspecified atom stereocenters. The predicted molar refractivity (Wildman–Crippen MR) is 98.0 cm³/mol. The van der Waals surface area contributed by atoms with Crippen LogP contribution >= 0.6 is 23.2 Å². The van der Waals surface area contributed by atoms with Crippen LogP contribution in [0.4, 0.5) is 5.69 Å². The number of nitrogens with zero attached hydrogens (tertiary/aromatic N) is 1. The van der Waals surface area contributed by atoms with E-state index in [0.29, 0.717) is 10.7 Å². The molecule has 0 aliphatic heterocycles. The summed E-state index contributed by atoms with van der Waals surface area (Å²) in [5.74, 6) is -0.352. The van der Waals surface area contributed by atoms with Gasteiger partial charge in [0.05, 0.1) is 21.2 Å². The lowest BCUT2D eigenvalue weighted by atomic mass is 10.1. The minimum absolute atomic E-state index is 0.109. The first kappa shape index (κ1) is 16.6. The lowest BCUT2D eigenvalue weighted by Crippen LogP contribution is -2.28. The van der Waals surface area contributed by atoms with Gasteiger partial charge >= 0.3 is 0 Å².